The van der Waals surface area contributed by atoms with E-state index in [2.05, 4.69) is 9.97 Å². The van der Waals surface area contributed by atoms with E-state index < -0.39 is 0 Å². The Morgan fingerprint density at radius 2 is 2.21 bits per heavy atom. The van der Waals surface area contributed by atoms with Crippen LogP contribution in [0.15, 0.2) is 42.9 Å². The van der Waals surface area contributed by atoms with Crippen LogP contribution in [-0.4, -0.2) is 28.5 Å². The van der Waals surface area contributed by atoms with Gasteiger partial charge in [0.1, 0.15) is 18.1 Å². The SMILES string of the molecule is CC1COc2ccccc2N1C(=O)c1cnccn1. The summed E-state index contributed by atoms with van der Waals surface area (Å²) in [6.45, 7) is 2.42. The maximum Gasteiger partial charge on any atom is 0.278 e. The molecule has 0 fully saturated rings. The number of nitrogens with zero attached hydrogens (tertiary/aromatic N) is 3. The van der Waals surface area contributed by atoms with Crippen molar-refractivity contribution in [1.82, 2.24) is 9.97 Å². The Kier molecular flexibility index (Phi) is 2.87. The molecule has 0 saturated heterocycles. The topological polar surface area (TPSA) is 55.3 Å². The minimum absolute atomic E-state index is 0.0376. The molecule has 0 bridgehead atoms. The van der Waals surface area contributed by atoms with Crippen molar-refractivity contribution in [2.24, 2.45) is 0 Å². The number of rotatable bonds is 1. The molecule has 19 heavy (non-hydrogen) atoms. The van der Waals surface area contributed by atoms with Crippen LogP contribution in [0.2, 0.25) is 0 Å². The van der Waals surface area contributed by atoms with Crippen LogP contribution in [0.5, 0.6) is 5.75 Å². The van der Waals surface area contributed by atoms with Crippen LogP contribution in [0.25, 0.3) is 0 Å². The van der Waals surface area contributed by atoms with Gasteiger partial charge in [0, 0.05) is 12.4 Å². The molecule has 1 unspecified atom stereocenters. The summed E-state index contributed by atoms with van der Waals surface area (Å²) in [7, 11) is 0. The molecule has 0 spiro atoms. The smallest absolute Gasteiger partial charge is 0.278 e. The molecule has 2 heterocycles. The minimum Gasteiger partial charge on any atom is -0.489 e. The van der Waals surface area contributed by atoms with Gasteiger partial charge in [-0.1, -0.05) is 12.1 Å². The fraction of sp³-hybridized carbons (Fsp3) is 0.214. The Labute approximate surface area is 110 Å². The molecule has 96 valence electrons. The second-order valence-corrected chi connectivity index (χ2v) is 4.39. The summed E-state index contributed by atoms with van der Waals surface area (Å²) in [6.07, 6.45) is 4.55. The van der Waals surface area contributed by atoms with Crippen LogP contribution < -0.4 is 9.64 Å². The third-order valence-electron chi connectivity index (χ3n) is 3.05. The number of carbonyl (C=O) groups is 1. The van der Waals surface area contributed by atoms with Gasteiger partial charge in [0.2, 0.25) is 0 Å². The summed E-state index contributed by atoms with van der Waals surface area (Å²) >= 11 is 0. The number of fused-ring (bicyclic) bond motifs is 1. The Morgan fingerprint density at radius 1 is 1.37 bits per heavy atom. The van der Waals surface area contributed by atoms with E-state index in [1.807, 2.05) is 31.2 Å². The van der Waals surface area contributed by atoms with Crippen LogP contribution >= 0.6 is 0 Å². The van der Waals surface area contributed by atoms with Gasteiger partial charge in [0.25, 0.3) is 5.91 Å². The largest absolute Gasteiger partial charge is 0.489 e. The number of para-hydroxylation sites is 2. The van der Waals surface area contributed by atoms with Crippen molar-refractivity contribution in [2.45, 2.75) is 13.0 Å². The predicted molar refractivity (Wildman–Crippen MR) is 70.2 cm³/mol. The molecular formula is C14H13N3O2. The molecule has 1 atom stereocenters. The number of anilines is 1. The average Bonchev–Trinajstić information content (AvgIpc) is 2.47. The van der Waals surface area contributed by atoms with Crippen LogP contribution in [0.4, 0.5) is 5.69 Å². The van der Waals surface area contributed by atoms with E-state index in [0.717, 1.165) is 11.4 Å². The standard InChI is InChI=1S/C14H13N3O2/c1-10-9-19-13-5-3-2-4-12(13)17(10)14(18)11-8-15-6-7-16-11/h2-8,10H,9H2,1H3. The second-order valence-electron chi connectivity index (χ2n) is 4.39. The molecule has 1 aliphatic heterocycles. The molecule has 1 amide bonds. The molecule has 0 saturated carbocycles. The first-order valence-corrected chi connectivity index (χ1v) is 6.09. The Bertz CT molecular complexity index is 601. The zero-order valence-electron chi connectivity index (χ0n) is 10.5. The highest BCUT2D eigenvalue weighted by atomic mass is 16.5. The molecule has 0 N–H and O–H groups in total. The van der Waals surface area contributed by atoms with Gasteiger partial charge in [-0.3, -0.25) is 14.7 Å². The van der Waals surface area contributed by atoms with E-state index in [4.69, 9.17) is 4.74 Å². The predicted octanol–water partition coefficient (Wildman–Crippen LogP) is 1.90. The second kappa shape index (κ2) is 4.68. The van der Waals surface area contributed by atoms with E-state index in [1.54, 1.807) is 11.1 Å². The van der Waals surface area contributed by atoms with Crippen molar-refractivity contribution in [3.05, 3.63) is 48.5 Å². The molecule has 1 aliphatic rings. The summed E-state index contributed by atoms with van der Waals surface area (Å²) in [5, 5.41) is 0. The van der Waals surface area contributed by atoms with Gasteiger partial charge in [-0.2, -0.15) is 0 Å². The van der Waals surface area contributed by atoms with Crippen molar-refractivity contribution in [3.63, 3.8) is 0 Å². The van der Waals surface area contributed by atoms with Crippen molar-refractivity contribution < 1.29 is 9.53 Å². The normalized spacial score (nSPS) is 17.5. The van der Waals surface area contributed by atoms with Gasteiger partial charge in [0.05, 0.1) is 17.9 Å². The first kappa shape index (κ1) is 11.6. The fourth-order valence-electron chi connectivity index (χ4n) is 2.14. The number of hydrogen-bond donors (Lipinski definition) is 0. The number of aromatic nitrogens is 2. The summed E-state index contributed by atoms with van der Waals surface area (Å²) in [5.74, 6) is 0.564. The molecule has 1 aromatic heterocycles. The van der Waals surface area contributed by atoms with E-state index in [9.17, 15) is 4.79 Å². The molecule has 5 heteroatoms. The number of ether oxygens (including phenoxy) is 1. The lowest BCUT2D eigenvalue weighted by molar-refractivity contribution is 0.0955. The first-order chi connectivity index (χ1) is 9.27. The maximum atomic E-state index is 12.5. The molecule has 2 aromatic rings. The van der Waals surface area contributed by atoms with E-state index in [0.29, 0.717) is 12.3 Å². The third kappa shape index (κ3) is 2.03. The Hall–Kier alpha value is -2.43. The van der Waals surface area contributed by atoms with Gasteiger partial charge in [-0.05, 0) is 19.1 Å². The molecule has 0 aliphatic carbocycles. The highest BCUT2D eigenvalue weighted by Crippen LogP contribution is 2.34. The van der Waals surface area contributed by atoms with Crippen LogP contribution in [-0.2, 0) is 0 Å². The van der Waals surface area contributed by atoms with Gasteiger partial charge < -0.3 is 4.74 Å². The van der Waals surface area contributed by atoms with Gasteiger partial charge >= 0.3 is 0 Å². The lowest BCUT2D eigenvalue weighted by atomic mass is 10.1. The summed E-state index contributed by atoms with van der Waals surface area (Å²) in [6, 6.07) is 7.47. The van der Waals surface area contributed by atoms with Crippen molar-refractivity contribution >= 4 is 11.6 Å². The highest BCUT2D eigenvalue weighted by molar-refractivity contribution is 6.06. The molecular weight excluding hydrogens is 242 g/mol. The van der Waals surface area contributed by atoms with E-state index >= 15 is 0 Å². The van der Waals surface area contributed by atoms with Gasteiger partial charge in [-0.25, -0.2) is 4.98 Å². The Balaban J connectivity index is 2.02. The van der Waals surface area contributed by atoms with Crippen molar-refractivity contribution in [3.8, 4) is 5.75 Å². The average molecular weight is 255 g/mol. The van der Waals surface area contributed by atoms with Crippen LogP contribution in [0.1, 0.15) is 17.4 Å². The van der Waals surface area contributed by atoms with Crippen molar-refractivity contribution in [2.75, 3.05) is 11.5 Å². The van der Waals surface area contributed by atoms with Crippen LogP contribution in [0, 0.1) is 0 Å². The summed E-state index contributed by atoms with van der Waals surface area (Å²) in [4.78, 5) is 22.3. The summed E-state index contributed by atoms with van der Waals surface area (Å²) in [5.41, 5.74) is 1.11. The van der Waals surface area contributed by atoms with Gasteiger partial charge in [0.15, 0.2) is 0 Å². The lowest BCUT2D eigenvalue weighted by Crippen LogP contribution is -2.45. The minimum atomic E-state index is -0.156. The molecule has 0 radical (unpaired) electrons. The number of amides is 1. The molecule has 3 rings (SSSR count). The van der Waals surface area contributed by atoms with E-state index in [1.165, 1.54) is 12.4 Å². The fourth-order valence-corrected chi connectivity index (χ4v) is 2.14. The quantitative estimate of drug-likeness (QED) is 0.781. The monoisotopic (exact) mass is 255 g/mol. The molecule has 5 nitrogen and oxygen atoms in total. The number of carbonyl (C=O) groups excluding carboxylic acids is 1. The Morgan fingerprint density at radius 3 is 3.00 bits per heavy atom. The maximum absolute atomic E-state index is 12.5. The van der Waals surface area contributed by atoms with Crippen LogP contribution in [0.3, 0.4) is 0 Å². The zero-order valence-corrected chi connectivity index (χ0v) is 10.5. The van der Waals surface area contributed by atoms with E-state index in [-0.39, 0.29) is 11.9 Å². The lowest BCUT2D eigenvalue weighted by Gasteiger charge is -2.34. The first-order valence-electron chi connectivity index (χ1n) is 6.09. The highest BCUT2D eigenvalue weighted by Gasteiger charge is 2.30. The number of benzene rings is 1. The molecule has 1 aromatic carbocycles. The third-order valence-corrected chi connectivity index (χ3v) is 3.05. The van der Waals surface area contributed by atoms with Gasteiger partial charge in [-0.15, -0.1) is 0 Å². The summed E-state index contributed by atoms with van der Waals surface area (Å²) < 4.78 is 5.62. The zero-order chi connectivity index (χ0) is 13.2. The van der Waals surface area contributed by atoms with Crippen molar-refractivity contribution in [1.29, 1.82) is 0 Å². The number of hydrogen-bond acceptors (Lipinski definition) is 4.